The lowest BCUT2D eigenvalue weighted by molar-refractivity contribution is 0.618. The number of rotatable bonds is 2. The Morgan fingerprint density at radius 2 is 1.86 bits per heavy atom. The van der Waals surface area contributed by atoms with Gasteiger partial charge in [0, 0.05) is 0 Å². The highest BCUT2D eigenvalue weighted by Crippen LogP contribution is 2.07. The summed E-state index contributed by atoms with van der Waals surface area (Å²) in [7, 11) is 0. The molecule has 0 aromatic heterocycles. The Kier molecular flexibility index (Phi) is 4.63. The third-order valence-corrected chi connectivity index (χ3v) is 1.47. The summed E-state index contributed by atoms with van der Waals surface area (Å²) in [6.45, 7) is 0. The van der Waals surface area contributed by atoms with Crippen LogP contribution in [0.1, 0.15) is 0 Å². The first-order chi connectivity index (χ1) is 3.18. The molecule has 0 aliphatic carbocycles. The molecule has 7 heavy (non-hydrogen) atoms. The van der Waals surface area contributed by atoms with Gasteiger partial charge in [0.2, 0.25) is 0 Å². The van der Waals surface area contributed by atoms with E-state index in [0.29, 0.717) is 3.94 Å². The van der Waals surface area contributed by atoms with Crippen molar-refractivity contribution in [1.29, 1.82) is 0 Å². The van der Waals surface area contributed by atoms with Crippen LogP contribution in [0.15, 0.2) is 0 Å². The fourth-order valence-electron chi connectivity index (χ4n) is 0.0369. The van der Waals surface area contributed by atoms with Crippen LogP contribution in [0.4, 0.5) is 0 Å². The molecule has 0 spiro atoms. The maximum atomic E-state index is 5.22. The first-order valence-electron chi connectivity index (χ1n) is 1.29. The maximum absolute atomic E-state index is 5.22. The van der Waals surface area contributed by atoms with E-state index in [1.807, 2.05) is 0 Å². The summed E-state index contributed by atoms with van der Waals surface area (Å²) in [5, 5.41) is 0. The van der Waals surface area contributed by atoms with Crippen molar-refractivity contribution in [1.82, 2.24) is 8.77 Å². The summed E-state index contributed by atoms with van der Waals surface area (Å²) in [6, 6.07) is 0. The second-order valence-electron chi connectivity index (χ2n) is 0.704. The average molecular weight is 184 g/mol. The van der Waals surface area contributed by atoms with Crippen LogP contribution >= 0.6 is 46.9 Å². The Morgan fingerprint density at radius 3 is 1.86 bits per heavy atom. The van der Waals surface area contributed by atoms with Gasteiger partial charge < -0.3 is 0 Å². The molecule has 0 aliphatic rings. The van der Waals surface area contributed by atoms with E-state index in [4.69, 9.17) is 46.9 Å². The van der Waals surface area contributed by atoms with Crippen LogP contribution < -0.4 is 4.84 Å². The van der Waals surface area contributed by atoms with Crippen molar-refractivity contribution in [2.24, 2.45) is 0 Å². The van der Waals surface area contributed by atoms with Crippen LogP contribution in [0.5, 0.6) is 0 Å². The van der Waals surface area contributed by atoms with Gasteiger partial charge in [-0.1, -0.05) is 15.5 Å². The SMILES string of the molecule is ClNC(Cl)N(Cl)Cl. The Labute approximate surface area is 61.6 Å². The average Bonchev–Trinajstić information content (AvgIpc) is 1.65. The molecule has 0 bridgehead atoms. The predicted molar refractivity (Wildman–Crippen MR) is 32.2 cm³/mol. The van der Waals surface area contributed by atoms with E-state index in [1.54, 1.807) is 0 Å². The standard InChI is InChI=1S/CH2Cl4N2/c2-1(6-3)7(4)5/h1,6H. The lowest BCUT2D eigenvalue weighted by Gasteiger charge is -2.06. The molecule has 0 aromatic rings. The largest absolute Gasteiger partial charge is 0.201 e. The van der Waals surface area contributed by atoms with E-state index in [9.17, 15) is 0 Å². The van der Waals surface area contributed by atoms with Crippen LogP contribution in [0.2, 0.25) is 0 Å². The lowest BCUT2D eigenvalue weighted by Crippen LogP contribution is -2.22. The molecule has 0 aliphatic heterocycles. The van der Waals surface area contributed by atoms with Crippen LogP contribution in [0.25, 0.3) is 0 Å². The summed E-state index contributed by atoms with van der Waals surface area (Å²) < 4.78 is 0.689. The number of halogens is 4. The number of hydrogen-bond donors (Lipinski definition) is 1. The van der Waals surface area contributed by atoms with Gasteiger partial charge in [0.05, 0.1) is 0 Å². The van der Waals surface area contributed by atoms with E-state index in [0.717, 1.165) is 0 Å². The molecule has 0 heterocycles. The molecule has 1 unspecified atom stereocenters. The summed E-state index contributed by atoms with van der Waals surface area (Å²) in [5.41, 5.74) is -0.745. The van der Waals surface area contributed by atoms with Gasteiger partial charge in [-0.2, -0.15) is 0 Å². The van der Waals surface area contributed by atoms with Gasteiger partial charge in [-0.25, -0.2) is 4.84 Å². The topological polar surface area (TPSA) is 15.3 Å². The van der Waals surface area contributed by atoms with E-state index < -0.39 is 5.62 Å². The smallest absolute Gasteiger partial charge is 0.179 e. The van der Waals surface area contributed by atoms with Crippen molar-refractivity contribution in [2.75, 3.05) is 0 Å². The monoisotopic (exact) mass is 182 g/mol. The van der Waals surface area contributed by atoms with Crippen molar-refractivity contribution >= 4 is 46.9 Å². The van der Waals surface area contributed by atoms with E-state index in [-0.39, 0.29) is 0 Å². The third kappa shape index (κ3) is 3.64. The molecular weight excluding hydrogens is 182 g/mol. The lowest BCUT2D eigenvalue weighted by atomic mass is 11.2. The number of hydrogen-bond acceptors (Lipinski definition) is 2. The first-order valence-corrected chi connectivity index (χ1v) is 2.78. The molecule has 0 saturated heterocycles. The van der Waals surface area contributed by atoms with Crippen molar-refractivity contribution in [3.63, 3.8) is 0 Å². The zero-order valence-electron chi connectivity index (χ0n) is 3.04. The highest BCUT2D eigenvalue weighted by Gasteiger charge is 2.06. The zero-order valence-corrected chi connectivity index (χ0v) is 6.06. The Bertz CT molecular complexity index is 47.0. The minimum Gasteiger partial charge on any atom is -0.201 e. The second-order valence-corrected chi connectivity index (χ2v) is 2.24. The molecule has 0 fully saturated rings. The van der Waals surface area contributed by atoms with Crippen LogP contribution in [-0.2, 0) is 0 Å². The Balaban J connectivity index is 3.14. The molecule has 1 atom stereocenters. The van der Waals surface area contributed by atoms with Gasteiger partial charge in [0.25, 0.3) is 0 Å². The van der Waals surface area contributed by atoms with Crippen molar-refractivity contribution in [2.45, 2.75) is 5.62 Å². The number of alkyl halides is 1. The first kappa shape index (κ1) is 8.08. The normalized spacial score (nSPS) is 15.0. The molecule has 0 amide bonds. The van der Waals surface area contributed by atoms with Crippen LogP contribution in [-0.4, -0.2) is 9.56 Å². The minimum atomic E-state index is -0.745. The molecule has 1 N–H and O–H groups in total. The van der Waals surface area contributed by atoms with Gasteiger partial charge >= 0.3 is 0 Å². The second kappa shape index (κ2) is 4.01. The van der Waals surface area contributed by atoms with Crippen molar-refractivity contribution in [3.8, 4) is 0 Å². The molecule has 0 rings (SSSR count). The van der Waals surface area contributed by atoms with E-state index in [2.05, 4.69) is 4.84 Å². The van der Waals surface area contributed by atoms with E-state index in [1.165, 1.54) is 0 Å². The zero-order chi connectivity index (χ0) is 5.86. The van der Waals surface area contributed by atoms with Gasteiger partial charge in [-0.3, -0.25) is 0 Å². The fourth-order valence-corrected chi connectivity index (χ4v) is 0.332. The minimum absolute atomic E-state index is 0.689. The van der Waals surface area contributed by atoms with Gasteiger partial charge in [0.1, 0.15) is 0 Å². The number of nitrogens with one attached hydrogen (secondary N) is 1. The molecule has 2 nitrogen and oxygen atoms in total. The third-order valence-electron chi connectivity index (χ3n) is 0.261. The Morgan fingerprint density at radius 1 is 1.43 bits per heavy atom. The van der Waals surface area contributed by atoms with Crippen LogP contribution in [0.3, 0.4) is 0 Å². The number of nitrogens with zero attached hydrogens (tertiary/aromatic N) is 1. The van der Waals surface area contributed by atoms with Gasteiger partial charge in [-0.15, -0.1) is 0 Å². The maximum Gasteiger partial charge on any atom is 0.179 e. The fraction of sp³-hybridized carbons (Fsp3) is 1.00. The van der Waals surface area contributed by atoms with Crippen molar-refractivity contribution < 1.29 is 0 Å². The highest BCUT2D eigenvalue weighted by atomic mass is 35.5. The summed E-state index contributed by atoms with van der Waals surface area (Å²) in [6.07, 6.45) is 0. The van der Waals surface area contributed by atoms with Gasteiger partial charge in [0.15, 0.2) is 5.62 Å². The molecular formula is CH2Cl4N2. The summed E-state index contributed by atoms with van der Waals surface area (Å²) in [4.78, 5) is 2.06. The highest BCUT2D eigenvalue weighted by molar-refractivity contribution is 6.38. The van der Waals surface area contributed by atoms with E-state index >= 15 is 0 Å². The quantitative estimate of drug-likeness (QED) is 0.305. The Hall–Kier alpha value is 1.08. The summed E-state index contributed by atoms with van der Waals surface area (Å²) in [5.74, 6) is 0. The van der Waals surface area contributed by atoms with Gasteiger partial charge in [-0.05, 0) is 35.3 Å². The van der Waals surface area contributed by atoms with Crippen LogP contribution in [0, 0.1) is 0 Å². The molecule has 0 radical (unpaired) electrons. The van der Waals surface area contributed by atoms with Crippen molar-refractivity contribution in [3.05, 3.63) is 0 Å². The molecule has 6 heteroatoms. The molecule has 44 valence electrons. The molecule has 0 aromatic carbocycles. The summed E-state index contributed by atoms with van der Waals surface area (Å²) >= 11 is 20.3. The predicted octanol–water partition coefficient (Wildman–Crippen LogP) is 1.86. The molecule has 0 saturated carbocycles.